The van der Waals surface area contributed by atoms with E-state index >= 15 is 0 Å². The zero-order chi connectivity index (χ0) is 49.9. The number of para-hydroxylation sites is 2. The van der Waals surface area contributed by atoms with Gasteiger partial charge in [-0.05, 0) is 167 Å². The molecule has 0 bridgehead atoms. The maximum absolute atomic E-state index is 2.50. The molecule has 1 spiro atoms. The third-order valence-electron chi connectivity index (χ3n) is 16.8. The van der Waals surface area contributed by atoms with Gasteiger partial charge in [-0.15, -0.1) is 0 Å². The second-order valence-electron chi connectivity index (χ2n) is 20.7. The van der Waals surface area contributed by atoms with E-state index in [4.69, 9.17) is 0 Å². The fraction of sp³-hybridized carbons (Fsp3) is 0.0270. The van der Waals surface area contributed by atoms with Crippen molar-refractivity contribution >= 4 is 34.1 Å². The number of nitrogens with zero attached hydrogens (tertiary/aromatic N) is 2. The van der Waals surface area contributed by atoms with Crippen LogP contribution in [0, 0.1) is 0 Å². The van der Waals surface area contributed by atoms with E-state index in [2.05, 4.69) is 289 Å². The van der Waals surface area contributed by atoms with Crippen LogP contribution in [0.15, 0.2) is 279 Å². The van der Waals surface area contributed by atoms with Crippen molar-refractivity contribution in [2.75, 3.05) is 9.80 Å². The molecule has 1 aliphatic heterocycles. The van der Waals surface area contributed by atoms with Crippen molar-refractivity contribution < 1.29 is 0 Å². The lowest BCUT2D eigenvalue weighted by atomic mass is 9.65. The largest absolute Gasteiger partial charge is 0.310 e. The minimum absolute atomic E-state index is 0.617. The molecule has 0 amide bonds. The lowest BCUT2D eigenvalue weighted by Crippen LogP contribution is -2.29. The summed E-state index contributed by atoms with van der Waals surface area (Å²) in [5, 5.41) is 0. The van der Waals surface area contributed by atoms with Gasteiger partial charge in [0.1, 0.15) is 0 Å². The summed E-state index contributed by atoms with van der Waals surface area (Å²) in [6.45, 7) is 0. The zero-order valence-corrected chi connectivity index (χ0v) is 41.7. The van der Waals surface area contributed by atoms with Crippen LogP contribution in [0.5, 0.6) is 0 Å². The highest BCUT2D eigenvalue weighted by molar-refractivity contribution is 6.06. The van der Waals surface area contributed by atoms with E-state index in [1.807, 2.05) is 0 Å². The first-order chi connectivity index (χ1) is 37.7. The lowest BCUT2D eigenvalue weighted by Gasteiger charge is -2.36. The van der Waals surface area contributed by atoms with Crippen molar-refractivity contribution in [2.45, 2.75) is 11.8 Å². The minimum Gasteiger partial charge on any atom is -0.310 e. The Labute approximate surface area is 443 Å². The number of hydrogen-bond acceptors (Lipinski definition) is 2. The van der Waals surface area contributed by atoms with Gasteiger partial charge in [0.2, 0.25) is 0 Å². The molecular weight excluding hydrogens is 917 g/mol. The van der Waals surface area contributed by atoms with Gasteiger partial charge in [-0.2, -0.15) is 0 Å². The molecule has 1 atom stereocenters. The van der Waals surface area contributed by atoms with Gasteiger partial charge in [-0.1, -0.05) is 218 Å². The normalized spacial score (nSPS) is 14.6. The van der Waals surface area contributed by atoms with Gasteiger partial charge >= 0.3 is 0 Å². The molecule has 12 aromatic carbocycles. The fourth-order valence-electron chi connectivity index (χ4n) is 13.7. The second-order valence-corrected chi connectivity index (χ2v) is 20.7. The molecule has 2 nitrogen and oxygen atoms in total. The van der Waals surface area contributed by atoms with Gasteiger partial charge in [-0.3, -0.25) is 0 Å². The van der Waals surface area contributed by atoms with E-state index < -0.39 is 5.41 Å². The average molecular weight is 965 g/mol. The predicted octanol–water partition coefficient (Wildman–Crippen LogP) is 19.5. The van der Waals surface area contributed by atoms with Crippen LogP contribution in [-0.4, -0.2) is 0 Å². The van der Waals surface area contributed by atoms with E-state index in [-0.39, 0.29) is 0 Å². The zero-order valence-electron chi connectivity index (χ0n) is 41.7. The number of fused-ring (bicyclic) bond motifs is 21. The van der Waals surface area contributed by atoms with Crippen LogP contribution in [0.4, 0.5) is 34.1 Å². The van der Waals surface area contributed by atoms with E-state index in [0.29, 0.717) is 0 Å². The summed E-state index contributed by atoms with van der Waals surface area (Å²) >= 11 is 0. The summed E-state index contributed by atoms with van der Waals surface area (Å²) in [6, 6.07) is 105. The van der Waals surface area contributed by atoms with E-state index in [1.165, 1.54) is 111 Å². The molecule has 4 aliphatic rings. The Morgan fingerprint density at radius 1 is 0.276 bits per heavy atom. The number of benzene rings is 12. The van der Waals surface area contributed by atoms with Gasteiger partial charge in [0, 0.05) is 33.9 Å². The van der Waals surface area contributed by atoms with E-state index in [9.17, 15) is 0 Å². The van der Waals surface area contributed by atoms with Gasteiger partial charge in [0.05, 0.1) is 16.8 Å². The Balaban J connectivity index is 0.968. The van der Waals surface area contributed by atoms with Gasteiger partial charge in [0.15, 0.2) is 0 Å². The SMILES string of the molecule is c1ccc(-c2ccc(N(c3ccc4c(c3)-c3ccccc3-c3ccccc3N4c3ccccc3)c3ccc4c(c3)-c3ccccc3-c3ccccc3C43c4ccccc4-c4c3ccc3c4-c4ccccc4C3)cc2)cc1. The van der Waals surface area contributed by atoms with E-state index in [0.717, 1.165) is 40.5 Å². The average Bonchev–Trinajstić information content (AvgIpc) is 4.17. The van der Waals surface area contributed by atoms with Crippen LogP contribution < -0.4 is 9.80 Å². The first-order valence-electron chi connectivity index (χ1n) is 26.5. The number of anilines is 6. The van der Waals surface area contributed by atoms with Gasteiger partial charge in [0.25, 0.3) is 0 Å². The molecule has 0 fully saturated rings. The highest BCUT2D eigenvalue weighted by atomic mass is 15.2. The Morgan fingerprint density at radius 3 is 1.49 bits per heavy atom. The van der Waals surface area contributed by atoms with Crippen molar-refractivity contribution in [1.29, 1.82) is 0 Å². The molecule has 0 saturated carbocycles. The molecule has 76 heavy (non-hydrogen) atoms. The molecule has 0 saturated heterocycles. The second kappa shape index (κ2) is 16.6. The summed E-state index contributed by atoms with van der Waals surface area (Å²) in [5.74, 6) is 0. The predicted molar refractivity (Wildman–Crippen MR) is 316 cm³/mol. The minimum atomic E-state index is -0.617. The molecule has 1 unspecified atom stereocenters. The van der Waals surface area contributed by atoms with Crippen LogP contribution in [-0.2, 0) is 11.8 Å². The number of rotatable bonds is 5. The van der Waals surface area contributed by atoms with Crippen molar-refractivity contribution in [1.82, 2.24) is 0 Å². The topological polar surface area (TPSA) is 6.48 Å². The molecule has 16 rings (SSSR count). The van der Waals surface area contributed by atoms with Gasteiger partial charge < -0.3 is 9.80 Å². The Bertz CT molecular complexity index is 4320. The first-order valence-corrected chi connectivity index (χ1v) is 26.5. The van der Waals surface area contributed by atoms with Crippen molar-refractivity contribution in [3.63, 3.8) is 0 Å². The summed E-state index contributed by atoms with van der Waals surface area (Å²) in [6.07, 6.45) is 0.948. The maximum atomic E-state index is 2.50. The van der Waals surface area contributed by atoms with Crippen molar-refractivity contribution in [2.24, 2.45) is 0 Å². The summed E-state index contributed by atoms with van der Waals surface area (Å²) in [5.41, 5.74) is 31.7. The molecule has 2 heteroatoms. The quantitative estimate of drug-likeness (QED) is 0.170. The first kappa shape index (κ1) is 42.7. The van der Waals surface area contributed by atoms with Crippen LogP contribution in [0.3, 0.4) is 0 Å². The molecule has 0 N–H and O–H groups in total. The maximum Gasteiger partial charge on any atom is 0.0725 e. The van der Waals surface area contributed by atoms with Crippen molar-refractivity contribution in [3.8, 4) is 77.9 Å². The summed E-state index contributed by atoms with van der Waals surface area (Å²) in [7, 11) is 0. The third-order valence-corrected chi connectivity index (χ3v) is 16.8. The molecule has 0 radical (unpaired) electrons. The third kappa shape index (κ3) is 6.10. The van der Waals surface area contributed by atoms with Crippen LogP contribution in [0.2, 0.25) is 0 Å². The standard InChI is InChI=1S/C74H48N2/c1-3-19-48(20-4-1)49-35-38-53(39-36-49)75(55-41-44-71-65(47-55)60-28-12-10-26-58(60)62-30-15-18-34-70(62)76(71)52-22-5-2-6-23-52)54-40-43-68-64(46-54)59-27-11-9-25-57(59)61-29-13-16-32-66(61)74(68)67-33-17-14-31-63(67)73-69(74)42-37-51-45-50-21-7-8-24-56(50)72(51)73/h1-44,46-47H,45H2. The highest BCUT2D eigenvalue weighted by Gasteiger charge is 2.51. The number of hydrogen-bond donors (Lipinski definition) is 0. The van der Waals surface area contributed by atoms with E-state index in [1.54, 1.807) is 0 Å². The molecule has 3 aliphatic carbocycles. The Hall–Kier alpha value is -9.76. The summed E-state index contributed by atoms with van der Waals surface area (Å²) in [4.78, 5) is 4.92. The van der Waals surface area contributed by atoms with Crippen molar-refractivity contribution in [3.05, 3.63) is 312 Å². The highest BCUT2D eigenvalue weighted by Crippen LogP contribution is 2.64. The Kier molecular flexibility index (Phi) is 9.35. The molecule has 12 aromatic rings. The van der Waals surface area contributed by atoms with Crippen LogP contribution in [0.1, 0.15) is 33.4 Å². The van der Waals surface area contributed by atoms with Crippen LogP contribution in [0.25, 0.3) is 77.9 Å². The molecule has 0 aromatic heterocycles. The smallest absolute Gasteiger partial charge is 0.0725 e. The molecule has 1 heterocycles. The van der Waals surface area contributed by atoms with Gasteiger partial charge in [-0.25, -0.2) is 0 Å². The Morgan fingerprint density at radius 2 is 0.750 bits per heavy atom. The lowest BCUT2D eigenvalue weighted by molar-refractivity contribution is 0.775. The molecular formula is C74H48N2. The molecule has 354 valence electrons. The summed E-state index contributed by atoms with van der Waals surface area (Å²) < 4.78 is 0. The van der Waals surface area contributed by atoms with Crippen LogP contribution >= 0.6 is 0 Å². The monoisotopic (exact) mass is 964 g/mol. The fourth-order valence-corrected chi connectivity index (χ4v) is 13.7.